The van der Waals surface area contributed by atoms with Gasteiger partial charge in [-0.05, 0) is 25.8 Å². The van der Waals surface area contributed by atoms with Gasteiger partial charge in [0, 0.05) is 25.9 Å². The molecule has 0 unspecified atom stereocenters. The zero-order valence-electron chi connectivity index (χ0n) is 10.3. The Kier molecular flexibility index (Phi) is 4.31. The molecule has 1 aromatic heterocycles. The molecule has 1 aliphatic rings. The van der Waals surface area contributed by atoms with Crippen LogP contribution in [0.5, 0.6) is 0 Å². The van der Waals surface area contributed by atoms with Gasteiger partial charge in [0.15, 0.2) is 0 Å². The van der Waals surface area contributed by atoms with Crippen LogP contribution in [0.15, 0.2) is 6.07 Å². The fourth-order valence-electron chi connectivity index (χ4n) is 2.16. The second kappa shape index (κ2) is 5.76. The molecule has 0 amide bonds. The summed E-state index contributed by atoms with van der Waals surface area (Å²) in [5.74, 6) is 0.811. The molecule has 0 N–H and O–H groups in total. The van der Waals surface area contributed by atoms with Crippen molar-refractivity contribution < 1.29 is 4.74 Å². The Hall–Kier alpha value is -0.710. The van der Waals surface area contributed by atoms with Crippen LogP contribution < -0.4 is 0 Å². The van der Waals surface area contributed by atoms with Gasteiger partial charge < -0.3 is 4.74 Å². The molecule has 1 aromatic rings. The number of ether oxygens (including phenoxy) is 1. The first-order valence-corrected chi connectivity index (χ1v) is 6.30. The number of methoxy groups -OCH3 is 1. The van der Waals surface area contributed by atoms with Crippen LogP contribution in [0, 0.1) is 6.92 Å². The van der Waals surface area contributed by atoms with Crippen molar-refractivity contribution in [3.63, 3.8) is 0 Å². The molecule has 0 aliphatic carbocycles. The number of likely N-dealkylation sites (tertiary alicyclic amines) is 1. The minimum Gasteiger partial charge on any atom is -0.381 e. The third-order valence-corrected chi connectivity index (χ3v) is 3.30. The molecule has 4 nitrogen and oxygen atoms in total. The van der Waals surface area contributed by atoms with E-state index in [0.717, 1.165) is 44.0 Å². The topological polar surface area (TPSA) is 38.2 Å². The third-order valence-electron chi connectivity index (χ3n) is 3.10. The largest absolute Gasteiger partial charge is 0.381 e. The van der Waals surface area contributed by atoms with Crippen molar-refractivity contribution in [1.29, 1.82) is 0 Å². The lowest BCUT2D eigenvalue weighted by Gasteiger charge is -2.30. The maximum atomic E-state index is 5.92. The maximum absolute atomic E-state index is 5.92. The molecule has 17 heavy (non-hydrogen) atoms. The summed E-state index contributed by atoms with van der Waals surface area (Å²) in [4.78, 5) is 11.0. The Labute approximate surface area is 107 Å². The fourth-order valence-corrected chi connectivity index (χ4v) is 2.42. The molecule has 1 fully saturated rings. The van der Waals surface area contributed by atoms with Gasteiger partial charge in [-0.25, -0.2) is 9.97 Å². The van der Waals surface area contributed by atoms with Crippen molar-refractivity contribution in [3.8, 4) is 0 Å². The van der Waals surface area contributed by atoms with Gasteiger partial charge in [-0.2, -0.15) is 0 Å². The highest BCUT2D eigenvalue weighted by Gasteiger charge is 2.19. The smallest absolute Gasteiger partial charge is 0.144 e. The summed E-state index contributed by atoms with van der Waals surface area (Å²) in [5, 5.41) is 0.527. The van der Waals surface area contributed by atoms with Crippen LogP contribution in [0.1, 0.15) is 24.4 Å². The van der Waals surface area contributed by atoms with Crippen molar-refractivity contribution in [1.82, 2.24) is 14.9 Å². The van der Waals surface area contributed by atoms with E-state index < -0.39 is 0 Å². The van der Waals surface area contributed by atoms with E-state index in [2.05, 4.69) is 14.9 Å². The number of hydrogen-bond acceptors (Lipinski definition) is 4. The number of nitrogens with zero attached hydrogens (tertiary/aromatic N) is 3. The number of hydrogen-bond donors (Lipinski definition) is 0. The Balaban J connectivity index is 1.93. The summed E-state index contributed by atoms with van der Waals surface area (Å²) in [5.41, 5.74) is 0.923. The van der Waals surface area contributed by atoms with Crippen LogP contribution in [0.3, 0.4) is 0 Å². The number of rotatable bonds is 3. The van der Waals surface area contributed by atoms with Gasteiger partial charge in [-0.3, -0.25) is 4.90 Å². The van der Waals surface area contributed by atoms with E-state index in [1.165, 1.54) is 0 Å². The Bertz CT molecular complexity index is 358. The van der Waals surface area contributed by atoms with E-state index in [9.17, 15) is 0 Å². The predicted octanol–water partition coefficient (Wildman–Crippen LogP) is 2.05. The van der Waals surface area contributed by atoms with Gasteiger partial charge in [0.1, 0.15) is 11.0 Å². The Morgan fingerprint density at radius 1 is 1.41 bits per heavy atom. The highest BCUT2D eigenvalue weighted by Crippen LogP contribution is 2.15. The van der Waals surface area contributed by atoms with Crippen molar-refractivity contribution >= 4 is 11.6 Å². The minimum atomic E-state index is 0.410. The number of halogens is 1. The lowest BCUT2D eigenvalue weighted by atomic mass is 10.1. The Morgan fingerprint density at radius 2 is 2.12 bits per heavy atom. The molecule has 0 aromatic carbocycles. The van der Waals surface area contributed by atoms with Crippen molar-refractivity contribution in [2.24, 2.45) is 0 Å². The lowest BCUT2D eigenvalue weighted by Crippen LogP contribution is -2.36. The van der Waals surface area contributed by atoms with Crippen LogP contribution in [-0.2, 0) is 11.3 Å². The molecule has 0 spiro atoms. The zero-order valence-corrected chi connectivity index (χ0v) is 11.1. The quantitative estimate of drug-likeness (QED) is 0.775. The average molecular weight is 256 g/mol. The fraction of sp³-hybridized carbons (Fsp3) is 0.667. The van der Waals surface area contributed by atoms with Gasteiger partial charge >= 0.3 is 0 Å². The molecular formula is C12H18ClN3O. The standard InChI is InChI=1S/C12H18ClN3O/c1-9-7-11(13)15-12(14-9)8-16-5-3-10(17-2)4-6-16/h7,10H,3-6,8H2,1-2H3. The molecular weight excluding hydrogens is 238 g/mol. The zero-order chi connectivity index (χ0) is 12.3. The SMILES string of the molecule is COC1CCN(Cc2nc(C)cc(Cl)n2)CC1. The van der Waals surface area contributed by atoms with Crippen molar-refractivity contribution in [3.05, 3.63) is 22.7 Å². The molecule has 2 heterocycles. The second-order valence-electron chi connectivity index (χ2n) is 4.46. The minimum absolute atomic E-state index is 0.410. The molecule has 1 aliphatic heterocycles. The van der Waals surface area contributed by atoms with Crippen LogP contribution >= 0.6 is 11.6 Å². The lowest BCUT2D eigenvalue weighted by molar-refractivity contribution is 0.0381. The highest BCUT2D eigenvalue weighted by atomic mass is 35.5. The van der Waals surface area contributed by atoms with E-state index in [0.29, 0.717) is 11.3 Å². The number of aryl methyl sites for hydroxylation is 1. The van der Waals surface area contributed by atoms with E-state index in [-0.39, 0.29) is 0 Å². The van der Waals surface area contributed by atoms with Gasteiger partial charge in [-0.1, -0.05) is 11.6 Å². The van der Waals surface area contributed by atoms with Crippen LogP contribution in [0.25, 0.3) is 0 Å². The first-order chi connectivity index (χ1) is 8.17. The van der Waals surface area contributed by atoms with Gasteiger partial charge in [-0.15, -0.1) is 0 Å². The summed E-state index contributed by atoms with van der Waals surface area (Å²) < 4.78 is 5.35. The summed E-state index contributed by atoms with van der Waals surface area (Å²) in [6.45, 7) is 4.78. The van der Waals surface area contributed by atoms with E-state index in [1.54, 1.807) is 13.2 Å². The summed E-state index contributed by atoms with van der Waals surface area (Å²) in [7, 11) is 1.78. The first kappa shape index (κ1) is 12.7. The second-order valence-corrected chi connectivity index (χ2v) is 4.85. The van der Waals surface area contributed by atoms with Crippen LogP contribution in [-0.4, -0.2) is 41.2 Å². The van der Waals surface area contributed by atoms with Crippen LogP contribution in [0.4, 0.5) is 0 Å². The normalized spacial score (nSPS) is 18.5. The number of aromatic nitrogens is 2. The van der Waals surface area contributed by atoms with E-state index in [1.807, 2.05) is 6.92 Å². The molecule has 0 radical (unpaired) electrons. The summed E-state index contributed by atoms with van der Waals surface area (Å²) in [6.07, 6.45) is 2.57. The molecule has 94 valence electrons. The average Bonchev–Trinajstić information content (AvgIpc) is 2.28. The maximum Gasteiger partial charge on any atom is 0.144 e. The Morgan fingerprint density at radius 3 is 2.71 bits per heavy atom. The number of piperidine rings is 1. The van der Waals surface area contributed by atoms with Gasteiger partial charge in [0.05, 0.1) is 12.6 Å². The molecule has 1 saturated heterocycles. The molecule has 0 bridgehead atoms. The summed E-state index contributed by atoms with van der Waals surface area (Å²) >= 11 is 5.92. The third kappa shape index (κ3) is 3.63. The summed E-state index contributed by atoms with van der Waals surface area (Å²) in [6, 6.07) is 1.78. The monoisotopic (exact) mass is 255 g/mol. The van der Waals surface area contributed by atoms with Crippen molar-refractivity contribution in [2.45, 2.75) is 32.4 Å². The predicted molar refractivity (Wildman–Crippen MR) is 67.1 cm³/mol. The molecule has 0 saturated carbocycles. The molecule has 5 heteroatoms. The van der Waals surface area contributed by atoms with Crippen molar-refractivity contribution in [2.75, 3.05) is 20.2 Å². The van der Waals surface area contributed by atoms with E-state index >= 15 is 0 Å². The molecule has 0 atom stereocenters. The van der Waals surface area contributed by atoms with Crippen LogP contribution in [0.2, 0.25) is 5.15 Å². The van der Waals surface area contributed by atoms with E-state index in [4.69, 9.17) is 16.3 Å². The first-order valence-electron chi connectivity index (χ1n) is 5.92. The van der Waals surface area contributed by atoms with Gasteiger partial charge in [0.2, 0.25) is 0 Å². The molecule has 2 rings (SSSR count). The van der Waals surface area contributed by atoms with Gasteiger partial charge in [0.25, 0.3) is 0 Å². The highest BCUT2D eigenvalue weighted by molar-refractivity contribution is 6.29.